The minimum absolute atomic E-state index is 0.0787. The molecule has 0 saturated heterocycles. The topological polar surface area (TPSA) is 67.9 Å². The van der Waals surface area contributed by atoms with Crippen molar-refractivity contribution in [2.45, 2.75) is 27.2 Å². The summed E-state index contributed by atoms with van der Waals surface area (Å²) in [6, 6.07) is 5.65. The number of nitrogens with one attached hydrogen (secondary N) is 1. The van der Waals surface area contributed by atoms with Crippen LogP contribution in [0, 0.1) is 5.92 Å². The standard InChI is InChI=1S/C18H28N2O4/c1-13(2)11-19-18(22)12-20(14(3)21)9-8-15-6-7-16(23-4)17(10-15)24-5/h6-7,10,13H,8-9,11-12H2,1-5H3,(H,19,22). The molecule has 6 nitrogen and oxygen atoms in total. The van der Waals surface area contributed by atoms with Gasteiger partial charge in [0.1, 0.15) is 0 Å². The number of methoxy groups -OCH3 is 2. The molecule has 1 N–H and O–H groups in total. The van der Waals surface area contributed by atoms with Gasteiger partial charge in [-0.2, -0.15) is 0 Å². The van der Waals surface area contributed by atoms with E-state index in [4.69, 9.17) is 9.47 Å². The molecule has 1 aromatic rings. The lowest BCUT2D eigenvalue weighted by Crippen LogP contribution is -2.41. The van der Waals surface area contributed by atoms with Crippen molar-refractivity contribution in [1.82, 2.24) is 10.2 Å². The van der Waals surface area contributed by atoms with E-state index >= 15 is 0 Å². The summed E-state index contributed by atoms with van der Waals surface area (Å²) in [7, 11) is 3.17. The number of carbonyl (C=O) groups excluding carboxylic acids is 2. The second-order valence-corrected chi connectivity index (χ2v) is 6.08. The summed E-state index contributed by atoms with van der Waals surface area (Å²) >= 11 is 0. The molecule has 134 valence electrons. The van der Waals surface area contributed by atoms with Crippen LogP contribution in [-0.2, 0) is 16.0 Å². The summed E-state index contributed by atoms with van der Waals surface area (Å²) in [5.74, 6) is 1.45. The molecular weight excluding hydrogens is 308 g/mol. The Morgan fingerprint density at radius 2 is 1.83 bits per heavy atom. The molecule has 6 heteroatoms. The normalized spacial score (nSPS) is 10.4. The molecule has 0 aliphatic carbocycles. The zero-order valence-electron chi connectivity index (χ0n) is 15.2. The third kappa shape index (κ3) is 6.48. The fourth-order valence-corrected chi connectivity index (χ4v) is 2.20. The number of carbonyl (C=O) groups is 2. The highest BCUT2D eigenvalue weighted by Gasteiger charge is 2.14. The Labute approximate surface area is 144 Å². The molecular formula is C18H28N2O4. The number of ether oxygens (including phenoxy) is 2. The maximum absolute atomic E-state index is 11.9. The molecule has 0 unspecified atom stereocenters. The summed E-state index contributed by atoms with van der Waals surface area (Å²) in [6.07, 6.45) is 0.636. The molecule has 0 aliphatic heterocycles. The number of benzene rings is 1. The summed E-state index contributed by atoms with van der Waals surface area (Å²) < 4.78 is 10.5. The average molecular weight is 336 g/mol. The minimum atomic E-state index is -0.133. The Morgan fingerprint density at radius 3 is 2.38 bits per heavy atom. The lowest BCUT2D eigenvalue weighted by molar-refractivity contribution is -0.134. The van der Waals surface area contributed by atoms with Gasteiger partial charge in [0.25, 0.3) is 0 Å². The van der Waals surface area contributed by atoms with E-state index in [0.717, 1.165) is 5.56 Å². The summed E-state index contributed by atoms with van der Waals surface area (Å²) in [6.45, 7) is 6.69. The predicted octanol–water partition coefficient (Wildman–Crippen LogP) is 1.87. The third-order valence-electron chi connectivity index (χ3n) is 3.61. The van der Waals surface area contributed by atoms with Crippen molar-refractivity contribution in [3.05, 3.63) is 23.8 Å². The van der Waals surface area contributed by atoms with Gasteiger partial charge >= 0.3 is 0 Å². The van der Waals surface area contributed by atoms with Crippen molar-refractivity contribution in [3.63, 3.8) is 0 Å². The molecule has 24 heavy (non-hydrogen) atoms. The van der Waals surface area contributed by atoms with Crippen molar-refractivity contribution in [1.29, 1.82) is 0 Å². The molecule has 0 heterocycles. The average Bonchev–Trinajstić information content (AvgIpc) is 2.56. The molecule has 0 spiro atoms. The van der Waals surface area contributed by atoms with E-state index in [9.17, 15) is 9.59 Å². The molecule has 0 bridgehead atoms. The summed E-state index contributed by atoms with van der Waals surface area (Å²) in [5, 5.41) is 2.83. The smallest absolute Gasteiger partial charge is 0.239 e. The molecule has 0 fully saturated rings. The van der Waals surface area contributed by atoms with E-state index in [-0.39, 0.29) is 18.4 Å². The monoisotopic (exact) mass is 336 g/mol. The van der Waals surface area contributed by atoms with Crippen LogP contribution in [-0.4, -0.2) is 50.6 Å². The second-order valence-electron chi connectivity index (χ2n) is 6.08. The maximum Gasteiger partial charge on any atom is 0.239 e. The van der Waals surface area contributed by atoms with Crippen LogP contribution < -0.4 is 14.8 Å². The highest BCUT2D eigenvalue weighted by Crippen LogP contribution is 2.27. The van der Waals surface area contributed by atoms with Crippen LogP contribution in [0.1, 0.15) is 26.3 Å². The minimum Gasteiger partial charge on any atom is -0.493 e. The Balaban J connectivity index is 2.63. The zero-order valence-corrected chi connectivity index (χ0v) is 15.2. The van der Waals surface area contributed by atoms with Crippen molar-refractivity contribution < 1.29 is 19.1 Å². The quantitative estimate of drug-likeness (QED) is 0.747. The fraction of sp³-hybridized carbons (Fsp3) is 0.556. The van der Waals surface area contributed by atoms with E-state index in [0.29, 0.717) is 36.9 Å². The van der Waals surface area contributed by atoms with Gasteiger partial charge in [0.15, 0.2) is 11.5 Å². The van der Waals surface area contributed by atoms with Crippen molar-refractivity contribution >= 4 is 11.8 Å². The second kappa shape index (κ2) is 9.80. The maximum atomic E-state index is 11.9. The predicted molar refractivity (Wildman–Crippen MR) is 93.4 cm³/mol. The first-order chi connectivity index (χ1) is 11.4. The third-order valence-corrected chi connectivity index (χ3v) is 3.61. The van der Waals surface area contributed by atoms with Crippen molar-refractivity contribution in [3.8, 4) is 11.5 Å². The molecule has 0 radical (unpaired) electrons. The molecule has 0 aliphatic rings. The van der Waals surface area contributed by atoms with Crippen LogP contribution in [0.5, 0.6) is 11.5 Å². The van der Waals surface area contributed by atoms with Gasteiger partial charge in [0.05, 0.1) is 20.8 Å². The van der Waals surface area contributed by atoms with Crippen molar-refractivity contribution in [2.24, 2.45) is 5.92 Å². The van der Waals surface area contributed by atoms with Gasteiger partial charge in [-0.15, -0.1) is 0 Å². The highest BCUT2D eigenvalue weighted by molar-refractivity contribution is 5.83. The molecule has 1 rings (SSSR count). The van der Waals surface area contributed by atoms with Gasteiger partial charge < -0.3 is 19.7 Å². The molecule has 2 amide bonds. The Bertz CT molecular complexity index is 558. The summed E-state index contributed by atoms with van der Waals surface area (Å²) in [4.78, 5) is 25.2. The van der Waals surface area contributed by atoms with E-state index in [1.54, 1.807) is 19.1 Å². The van der Waals surface area contributed by atoms with Gasteiger partial charge in [-0.3, -0.25) is 9.59 Å². The van der Waals surface area contributed by atoms with Gasteiger partial charge in [-0.05, 0) is 30.0 Å². The number of hydrogen-bond donors (Lipinski definition) is 1. The molecule has 0 atom stereocenters. The van der Waals surface area contributed by atoms with E-state index < -0.39 is 0 Å². The van der Waals surface area contributed by atoms with Crippen LogP contribution in [0.4, 0.5) is 0 Å². The fourth-order valence-electron chi connectivity index (χ4n) is 2.20. The lowest BCUT2D eigenvalue weighted by atomic mass is 10.1. The number of nitrogens with zero attached hydrogens (tertiary/aromatic N) is 1. The summed E-state index contributed by atoms with van der Waals surface area (Å²) in [5.41, 5.74) is 1.02. The first kappa shape index (κ1) is 19.8. The number of amides is 2. The number of rotatable bonds is 9. The van der Waals surface area contributed by atoms with Crippen LogP contribution in [0.2, 0.25) is 0 Å². The van der Waals surface area contributed by atoms with Gasteiger partial charge in [-0.1, -0.05) is 19.9 Å². The van der Waals surface area contributed by atoms with Gasteiger partial charge in [-0.25, -0.2) is 0 Å². The lowest BCUT2D eigenvalue weighted by Gasteiger charge is -2.21. The Kier molecular flexibility index (Phi) is 8.09. The zero-order chi connectivity index (χ0) is 18.1. The largest absolute Gasteiger partial charge is 0.493 e. The molecule has 0 aromatic heterocycles. The van der Waals surface area contributed by atoms with Crippen LogP contribution in [0.15, 0.2) is 18.2 Å². The highest BCUT2D eigenvalue weighted by atomic mass is 16.5. The van der Waals surface area contributed by atoms with E-state index in [1.165, 1.54) is 6.92 Å². The van der Waals surface area contributed by atoms with E-state index in [2.05, 4.69) is 5.32 Å². The first-order valence-corrected chi connectivity index (χ1v) is 8.10. The van der Waals surface area contributed by atoms with Crippen molar-refractivity contribution in [2.75, 3.05) is 33.9 Å². The SMILES string of the molecule is COc1ccc(CCN(CC(=O)NCC(C)C)C(C)=O)cc1OC. The van der Waals surface area contributed by atoms with Crippen LogP contribution in [0.25, 0.3) is 0 Å². The van der Waals surface area contributed by atoms with Crippen LogP contribution >= 0.6 is 0 Å². The Morgan fingerprint density at radius 1 is 1.17 bits per heavy atom. The Hall–Kier alpha value is -2.24. The van der Waals surface area contributed by atoms with E-state index in [1.807, 2.05) is 32.0 Å². The molecule has 1 aromatic carbocycles. The number of hydrogen-bond acceptors (Lipinski definition) is 4. The van der Waals surface area contributed by atoms with Gasteiger partial charge in [0.2, 0.25) is 11.8 Å². The molecule has 0 saturated carbocycles. The first-order valence-electron chi connectivity index (χ1n) is 8.10. The van der Waals surface area contributed by atoms with Gasteiger partial charge in [0, 0.05) is 20.0 Å². The van der Waals surface area contributed by atoms with Crippen LogP contribution in [0.3, 0.4) is 0 Å².